The Bertz CT molecular complexity index is 500. The lowest BCUT2D eigenvalue weighted by molar-refractivity contribution is 0.166. The first-order valence-corrected chi connectivity index (χ1v) is 7.60. The fourth-order valence-corrected chi connectivity index (χ4v) is 2.99. The van der Waals surface area contributed by atoms with E-state index in [9.17, 15) is 5.11 Å². The van der Waals surface area contributed by atoms with Crippen molar-refractivity contribution in [3.05, 3.63) is 29.8 Å². The Kier molecular flexibility index (Phi) is 5.69. The first kappa shape index (κ1) is 16.6. The molecular weight excluding hydrogens is 280 g/mol. The van der Waals surface area contributed by atoms with Crippen LogP contribution in [0.1, 0.15) is 24.9 Å². The van der Waals surface area contributed by atoms with Gasteiger partial charge in [0, 0.05) is 44.4 Å². The number of piperazine rings is 1. The summed E-state index contributed by atoms with van der Waals surface area (Å²) < 4.78 is 11.0. The lowest BCUT2D eigenvalue weighted by atomic mass is 9.95. The monoisotopic (exact) mass is 306 g/mol. The highest BCUT2D eigenvalue weighted by Crippen LogP contribution is 2.42. The largest absolute Gasteiger partial charge is 0.508 e. The molecule has 1 aliphatic rings. The molecule has 1 heterocycles. The van der Waals surface area contributed by atoms with E-state index in [4.69, 9.17) is 9.47 Å². The molecule has 0 aliphatic carbocycles. The summed E-state index contributed by atoms with van der Waals surface area (Å²) in [4.78, 5) is 2.42. The van der Waals surface area contributed by atoms with E-state index in [1.54, 1.807) is 26.4 Å². The second-order valence-corrected chi connectivity index (χ2v) is 5.73. The number of hydrogen-bond donors (Lipinski definition) is 2. The normalized spacial score (nSPS) is 17.0. The predicted octanol–water partition coefficient (Wildman–Crippen LogP) is 2.32. The van der Waals surface area contributed by atoms with E-state index in [-0.39, 0.29) is 11.8 Å². The van der Waals surface area contributed by atoms with Gasteiger partial charge in [-0.25, -0.2) is 0 Å². The van der Waals surface area contributed by atoms with Crippen molar-refractivity contribution in [3.8, 4) is 17.2 Å². The molecule has 2 N–H and O–H groups in total. The highest BCUT2D eigenvalue weighted by molar-refractivity contribution is 5.52. The van der Waals surface area contributed by atoms with Crippen LogP contribution in [-0.4, -0.2) is 50.4 Å². The molecule has 0 spiro atoms. The van der Waals surface area contributed by atoms with E-state index < -0.39 is 0 Å². The van der Waals surface area contributed by atoms with Crippen LogP contribution in [0.5, 0.6) is 17.2 Å². The SMILES string of the molecule is C=C(C)C[C@@H](c1c(OC)cc(O)cc1OC)N1CCNCC1. The van der Waals surface area contributed by atoms with Crippen LogP contribution in [0.15, 0.2) is 24.3 Å². The summed E-state index contributed by atoms with van der Waals surface area (Å²) in [5, 5.41) is 13.2. The fourth-order valence-electron chi connectivity index (χ4n) is 2.99. The maximum Gasteiger partial charge on any atom is 0.131 e. The maximum atomic E-state index is 9.85. The van der Waals surface area contributed by atoms with E-state index in [0.717, 1.165) is 43.7 Å². The van der Waals surface area contributed by atoms with E-state index in [2.05, 4.69) is 16.8 Å². The van der Waals surface area contributed by atoms with Crippen LogP contribution < -0.4 is 14.8 Å². The number of nitrogens with one attached hydrogen (secondary N) is 1. The molecule has 2 rings (SSSR count). The third-order valence-corrected chi connectivity index (χ3v) is 4.00. The van der Waals surface area contributed by atoms with Gasteiger partial charge in [0.15, 0.2) is 0 Å². The summed E-state index contributed by atoms with van der Waals surface area (Å²) in [5.74, 6) is 1.45. The lowest BCUT2D eigenvalue weighted by Gasteiger charge is -2.36. The molecule has 1 aromatic carbocycles. The number of ether oxygens (including phenoxy) is 2. The van der Waals surface area contributed by atoms with Gasteiger partial charge < -0.3 is 19.9 Å². The van der Waals surface area contributed by atoms with Crippen molar-refractivity contribution in [3.63, 3.8) is 0 Å². The third-order valence-electron chi connectivity index (χ3n) is 4.00. The van der Waals surface area contributed by atoms with Gasteiger partial charge >= 0.3 is 0 Å². The van der Waals surface area contributed by atoms with Crippen molar-refractivity contribution in [1.29, 1.82) is 0 Å². The maximum absolute atomic E-state index is 9.85. The molecule has 1 saturated heterocycles. The summed E-state index contributed by atoms with van der Waals surface area (Å²) in [6.45, 7) is 9.97. The molecular formula is C17H26N2O3. The summed E-state index contributed by atoms with van der Waals surface area (Å²) >= 11 is 0. The van der Waals surface area contributed by atoms with Crippen LogP contribution in [0, 0.1) is 0 Å². The molecule has 1 atom stereocenters. The number of rotatable bonds is 6. The average Bonchev–Trinajstić information content (AvgIpc) is 2.52. The second-order valence-electron chi connectivity index (χ2n) is 5.73. The van der Waals surface area contributed by atoms with E-state index >= 15 is 0 Å². The van der Waals surface area contributed by atoms with Crippen molar-refractivity contribution in [1.82, 2.24) is 10.2 Å². The van der Waals surface area contributed by atoms with Gasteiger partial charge in [-0.2, -0.15) is 0 Å². The summed E-state index contributed by atoms with van der Waals surface area (Å²) in [6.07, 6.45) is 0.831. The van der Waals surface area contributed by atoms with Crippen molar-refractivity contribution in [2.24, 2.45) is 0 Å². The molecule has 1 fully saturated rings. The van der Waals surface area contributed by atoms with Gasteiger partial charge in [0.1, 0.15) is 17.2 Å². The first-order valence-electron chi connectivity index (χ1n) is 7.60. The lowest BCUT2D eigenvalue weighted by Crippen LogP contribution is -2.45. The van der Waals surface area contributed by atoms with Gasteiger partial charge in [-0.1, -0.05) is 5.57 Å². The quantitative estimate of drug-likeness (QED) is 0.790. The van der Waals surface area contributed by atoms with Crippen LogP contribution in [0.2, 0.25) is 0 Å². The van der Waals surface area contributed by atoms with Gasteiger partial charge in [0.05, 0.1) is 19.8 Å². The van der Waals surface area contributed by atoms with Crippen molar-refractivity contribution < 1.29 is 14.6 Å². The third kappa shape index (κ3) is 3.72. The number of aromatic hydroxyl groups is 1. The average molecular weight is 306 g/mol. The van der Waals surface area contributed by atoms with Gasteiger partial charge in [0.25, 0.3) is 0 Å². The standard InChI is InChI=1S/C17H26N2O3/c1-12(2)9-14(19-7-5-18-6-8-19)17-15(21-3)10-13(20)11-16(17)22-4/h10-11,14,18,20H,1,5-9H2,2-4H3/t14-/m0/s1. The van der Waals surface area contributed by atoms with Crippen molar-refractivity contribution in [2.75, 3.05) is 40.4 Å². The molecule has 0 saturated carbocycles. The molecule has 22 heavy (non-hydrogen) atoms. The van der Waals surface area contributed by atoms with Gasteiger partial charge in [-0.3, -0.25) is 4.90 Å². The Balaban J connectivity index is 2.47. The van der Waals surface area contributed by atoms with Gasteiger partial charge in [-0.05, 0) is 13.3 Å². The summed E-state index contributed by atoms with van der Waals surface area (Å²) in [7, 11) is 3.24. The molecule has 5 heteroatoms. The minimum atomic E-state index is 0.130. The molecule has 0 aromatic heterocycles. The zero-order valence-electron chi connectivity index (χ0n) is 13.7. The topological polar surface area (TPSA) is 54.0 Å². The number of phenols is 1. The number of phenolic OH excluding ortho intramolecular Hbond substituents is 1. The Morgan fingerprint density at radius 2 is 1.82 bits per heavy atom. The minimum absolute atomic E-state index is 0.130. The molecule has 0 bridgehead atoms. The van der Waals surface area contributed by atoms with Crippen LogP contribution >= 0.6 is 0 Å². The Hall–Kier alpha value is -1.72. The smallest absolute Gasteiger partial charge is 0.131 e. The molecule has 0 radical (unpaired) electrons. The van der Waals surface area contributed by atoms with E-state index in [1.165, 1.54) is 0 Å². The number of benzene rings is 1. The van der Waals surface area contributed by atoms with Crippen molar-refractivity contribution >= 4 is 0 Å². The van der Waals surface area contributed by atoms with Crippen LogP contribution in [-0.2, 0) is 0 Å². The number of nitrogens with zero attached hydrogens (tertiary/aromatic N) is 1. The number of methoxy groups -OCH3 is 2. The highest BCUT2D eigenvalue weighted by atomic mass is 16.5. The number of hydrogen-bond acceptors (Lipinski definition) is 5. The van der Waals surface area contributed by atoms with E-state index in [0.29, 0.717) is 11.5 Å². The molecule has 1 aromatic rings. The molecule has 0 amide bonds. The molecule has 1 aliphatic heterocycles. The highest BCUT2D eigenvalue weighted by Gasteiger charge is 2.28. The molecule has 0 unspecified atom stereocenters. The van der Waals surface area contributed by atoms with Gasteiger partial charge in [0.2, 0.25) is 0 Å². The van der Waals surface area contributed by atoms with Crippen molar-refractivity contribution in [2.45, 2.75) is 19.4 Å². The Morgan fingerprint density at radius 3 is 2.27 bits per heavy atom. The fraction of sp³-hybridized carbons (Fsp3) is 0.529. The zero-order valence-corrected chi connectivity index (χ0v) is 13.7. The van der Waals surface area contributed by atoms with Crippen LogP contribution in [0.25, 0.3) is 0 Å². The van der Waals surface area contributed by atoms with Crippen LogP contribution in [0.4, 0.5) is 0 Å². The zero-order chi connectivity index (χ0) is 16.1. The summed E-state index contributed by atoms with van der Waals surface area (Å²) in [5.41, 5.74) is 2.09. The summed E-state index contributed by atoms with van der Waals surface area (Å²) in [6, 6.07) is 3.42. The molecule has 5 nitrogen and oxygen atoms in total. The first-order chi connectivity index (χ1) is 10.6. The van der Waals surface area contributed by atoms with E-state index in [1.807, 2.05) is 6.92 Å². The predicted molar refractivity (Wildman–Crippen MR) is 87.8 cm³/mol. The second kappa shape index (κ2) is 7.51. The van der Waals surface area contributed by atoms with Crippen LogP contribution in [0.3, 0.4) is 0 Å². The Labute approximate surface area is 132 Å². The minimum Gasteiger partial charge on any atom is -0.508 e. The Morgan fingerprint density at radius 1 is 1.27 bits per heavy atom. The van der Waals surface area contributed by atoms with Gasteiger partial charge in [-0.15, -0.1) is 6.58 Å². The molecule has 122 valence electrons.